The fraction of sp³-hybridized carbons (Fsp3) is 0.571. The van der Waals surface area contributed by atoms with Crippen molar-refractivity contribution >= 4 is 15.9 Å². The van der Waals surface area contributed by atoms with Crippen LogP contribution in [0.4, 0.5) is 0 Å². The van der Waals surface area contributed by atoms with Gasteiger partial charge >= 0.3 is 0 Å². The summed E-state index contributed by atoms with van der Waals surface area (Å²) in [6.07, 6.45) is 3.14. The van der Waals surface area contributed by atoms with Gasteiger partial charge in [-0.15, -0.1) is 0 Å². The molecule has 7 nitrogen and oxygen atoms in total. The molecule has 122 valence electrons. The number of pyridine rings is 1. The molecule has 1 saturated heterocycles. The van der Waals surface area contributed by atoms with Crippen LogP contribution in [0.2, 0.25) is 0 Å². The number of hydrogen-bond acceptors (Lipinski definition) is 5. The molecule has 0 spiro atoms. The second-order valence-corrected chi connectivity index (χ2v) is 7.18. The summed E-state index contributed by atoms with van der Waals surface area (Å²) in [5.41, 5.74) is 5.92. The van der Waals surface area contributed by atoms with Crippen molar-refractivity contribution in [3.63, 3.8) is 0 Å². The summed E-state index contributed by atoms with van der Waals surface area (Å²) < 4.78 is 26.7. The van der Waals surface area contributed by atoms with Crippen LogP contribution in [0.25, 0.3) is 0 Å². The Balaban J connectivity index is 2.34. The van der Waals surface area contributed by atoms with Gasteiger partial charge in [-0.2, -0.15) is 4.31 Å². The van der Waals surface area contributed by atoms with Crippen molar-refractivity contribution in [2.24, 2.45) is 5.73 Å². The van der Waals surface area contributed by atoms with E-state index in [1.807, 2.05) is 13.8 Å². The van der Waals surface area contributed by atoms with Gasteiger partial charge in [0.15, 0.2) is 0 Å². The summed E-state index contributed by atoms with van der Waals surface area (Å²) in [4.78, 5) is 18.2. The summed E-state index contributed by atoms with van der Waals surface area (Å²) >= 11 is 0. The highest BCUT2D eigenvalue weighted by Gasteiger charge is 2.43. The first-order valence-corrected chi connectivity index (χ1v) is 8.82. The van der Waals surface area contributed by atoms with Crippen LogP contribution in [-0.4, -0.2) is 60.2 Å². The monoisotopic (exact) mass is 326 g/mol. The Morgan fingerprint density at radius 2 is 2.14 bits per heavy atom. The number of nitrogens with two attached hydrogens (primary N) is 1. The predicted octanol–water partition coefficient (Wildman–Crippen LogP) is 0.0403. The van der Waals surface area contributed by atoms with Crippen LogP contribution in [0.3, 0.4) is 0 Å². The van der Waals surface area contributed by atoms with E-state index in [1.165, 1.54) is 22.8 Å². The van der Waals surface area contributed by atoms with E-state index in [1.54, 1.807) is 11.0 Å². The largest absolute Gasteiger partial charge is 0.342 e. The van der Waals surface area contributed by atoms with Gasteiger partial charge < -0.3 is 10.6 Å². The minimum Gasteiger partial charge on any atom is -0.342 e. The minimum atomic E-state index is -3.77. The molecular formula is C14H22N4O3S. The topological polar surface area (TPSA) is 96.6 Å². The highest BCUT2D eigenvalue weighted by atomic mass is 32.2. The van der Waals surface area contributed by atoms with Gasteiger partial charge in [0.05, 0.1) is 0 Å². The second kappa shape index (κ2) is 6.72. The van der Waals surface area contributed by atoms with Crippen molar-refractivity contribution in [1.29, 1.82) is 0 Å². The maximum Gasteiger partial charge on any atom is 0.245 e. The third-order valence-corrected chi connectivity index (χ3v) is 5.75. The van der Waals surface area contributed by atoms with Crippen molar-refractivity contribution < 1.29 is 13.2 Å². The first-order chi connectivity index (χ1) is 10.4. The zero-order valence-corrected chi connectivity index (χ0v) is 13.7. The number of aromatic nitrogens is 1. The first kappa shape index (κ1) is 16.9. The Morgan fingerprint density at radius 1 is 1.45 bits per heavy atom. The number of sulfonamides is 1. The van der Waals surface area contributed by atoms with E-state index < -0.39 is 16.1 Å². The van der Waals surface area contributed by atoms with Crippen molar-refractivity contribution in [1.82, 2.24) is 14.2 Å². The summed E-state index contributed by atoms with van der Waals surface area (Å²) in [7, 11) is -3.77. The van der Waals surface area contributed by atoms with Crippen molar-refractivity contribution in [2.45, 2.75) is 37.2 Å². The van der Waals surface area contributed by atoms with Gasteiger partial charge in [-0.1, -0.05) is 0 Å². The zero-order valence-electron chi connectivity index (χ0n) is 12.8. The smallest absolute Gasteiger partial charge is 0.245 e. The van der Waals surface area contributed by atoms with Crippen LogP contribution in [-0.2, 0) is 14.8 Å². The number of rotatable bonds is 5. The van der Waals surface area contributed by atoms with Crippen LogP contribution < -0.4 is 5.73 Å². The number of carbonyl (C=O) groups is 1. The molecule has 22 heavy (non-hydrogen) atoms. The average molecular weight is 326 g/mol. The van der Waals surface area contributed by atoms with E-state index in [-0.39, 0.29) is 23.4 Å². The number of nitrogens with zero attached hydrogens (tertiary/aromatic N) is 3. The van der Waals surface area contributed by atoms with E-state index in [0.29, 0.717) is 19.5 Å². The van der Waals surface area contributed by atoms with Crippen molar-refractivity contribution in [2.75, 3.05) is 19.6 Å². The van der Waals surface area contributed by atoms with Gasteiger partial charge in [0, 0.05) is 38.1 Å². The van der Waals surface area contributed by atoms with E-state index in [9.17, 15) is 13.2 Å². The molecule has 0 aliphatic carbocycles. The van der Waals surface area contributed by atoms with Gasteiger partial charge in [0.1, 0.15) is 10.9 Å². The van der Waals surface area contributed by atoms with Crippen LogP contribution in [0.15, 0.2) is 29.4 Å². The normalized spacial score (nSPS) is 22.7. The molecule has 2 rings (SSSR count). The van der Waals surface area contributed by atoms with E-state index >= 15 is 0 Å². The van der Waals surface area contributed by atoms with Gasteiger partial charge in [-0.25, -0.2) is 8.42 Å². The van der Waals surface area contributed by atoms with Crippen LogP contribution in [0.5, 0.6) is 0 Å². The zero-order chi connectivity index (χ0) is 16.3. The van der Waals surface area contributed by atoms with Crippen LogP contribution in [0.1, 0.15) is 20.3 Å². The highest BCUT2D eigenvalue weighted by molar-refractivity contribution is 7.89. The molecule has 0 bridgehead atoms. The molecule has 1 fully saturated rings. The third kappa shape index (κ3) is 3.13. The molecule has 1 aliphatic rings. The van der Waals surface area contributed by atoms with Crippen LogP contribution in [0, 0.1) is 0 Å². The lowest BCUT2D eigenvalue weighted by molar-refractivity contribution is -0.134. The van der Waals surface area contributed by atoms with Crippen LogP contribution >= 0.6 is 0 Å². The van der Waals surface area contributed by atoms with Gasteiger partial charge in [-0.3, -0.25) is 9.78 Å². The molecule has 0 saturated carbocycles. The Hall–Kier alpha value is -1.51. The Labute approximate surface area is 131 Å². The molecule has 2 atom stereocenters. The van der Waals surface area contributed by atoms with Gasteiger partial charge in [0.2, 0.25) is 15.9 Å². The molecule has 0 aromatic carbocycles. The minimum absolute atomic E-state index is 0.0847. The van der Waals surface area contributed by atoms with Gasteiger partial charge in [-0.05, 0) is 32.4 Å². The third-order valence-electron chi connectivity index (χ3n) is 3.89. The molecule has 8 heteroatoms. The summed E-state index contributed by atoms with van der Waals surface area (Å²) in [5.74, 6) is -0.189. The number of amides is 1. The SMILES string of the molecule is CCN(CC)C(=O)[C@@H]1C[C@H](N)CN1S(=O)(=O)c1cccnc1. The van der Waals surface area contributed by atoms with Crippen molar-refractivity contribution in [3.8, 4) is 0 Å². The first-order valence-electron chi connectivity index (χ1n) is 7.38. The molecule has 1 aliphatic heterocycles. The quantitative estimate of drug-likeness (QED) is 0.824. The Morgan fingerprint density at radius 3 is 2.68 bits per heavy atom. The Bertz CT molecular complexity index is 616. The number of likely N-dealkylation sites (N-methyl/N-ethyl adjacent to an activating group) is 1. The average Bonchev–Trinajstić information content (AvgIpc) is 2.92. The molecule has 2 heterocycles. The number of carbonyl (C=O) groups excluding carboxylic acids is 1. The molecule has 2 N–H and O–H groups in total. The molecular weight excluding hydrogens is 304 g/mol. The second-order valence-electron chi connectivity index (χ2n) is 5.29. The highest BCUT2D eigenvalue weighted by Crippen LogP contribution is 2.26. The van der Waals surface area contributed by atoms with Crippen molar-refractivity contribution in [3.05, 3.63) is 24.5 Å². The Kier molecular flexibility index (Phi) is 5.15. The molecule has 1 amide bonds. The predicted molar refractivity (Wildman–Crippen MR) is 82.4 cm³/mol. The maximum atomic E-state index is 12.8. The van der Waals surface area contributed by atoms with E-state index in [4.69, 9.17) is 5.73 Å². The lowest BCUT2D eigenvalue weighted by Crippen LogP contribution is -2.47. The lowest BCUT2D eigenvalue weighted by atomic mass is 10.1. The fourth-order valence-electron chi connectivity index (χ4n) is 2.71. The standard InChI is InChI=1S/C14H22N4O3S/c1-3-17(4-2)14(19)13-8-11(15)10-18(13)22(20,21)12-6-5-7-16-9-12/h5-7,9,11,13H,3-4,8,10,15H2,1-2H3/t11-,13-/m0/s1. The lowest BCUT2D eigenvalue weighted by Gasteiger charge is -2.28. The molecule has 1 aromatic heterocycles. The number of hydrogen-bond donors (Lipinski definition) is 1. The van der Waals surface area contributed by atoms with Gasteiger partial charge in [0.25, 0.3) is 0 Å². The van der Waals surface area contributed by atoms with E-state index in [0.717, 1.165) is 0 Å². The molecule has 0 unspecified atom stereocenters. The molecule has 1 aromatic rings. The summed E-state index contributed by atoms with van der Waals surface area (Å²) in [5, 5.41) is 0. The summed E-state index contributed by atoms with van der Waals surface area (Å²) in [6.45, 7) is 4.98. The fourth-order valence-corrected chi connectivity index (χ4v) is 4.32. The maximum absolute atomic E-state index is 12.8. The van der Waals surface area contributed by atoms with E-state index in [2.05, 4.69) is 4.98 Å². The molecule has 0 radical (unpaired) electrons. The summed E-state index contributed by atoms with van der Waals surface area (Å²) in [6, 6.07) is 1.96.